The van der Waals surface area contributed by atoms with Crippen LogP contribution in [-0.4, -0.2) is 49.4 Å². The minimum atomic E-state index is -0.315. The molecule has 3 rings (SSSR count). The van der Waals surface area contributed by atoms with Gasteiger partial charge in [0.15, 0.2) is 0 Å². The summed E-state index contributed by atoms with van der Waals surface area (Å²) in [7, 11) is 1.39. The van der Waals surface area contributed by atoms with E-state index in [0.717, 1.165) is 38.3 Å². The van der Waals surface area contributed by atoms with Gasteiger partial charge in [0.1, 0.15) is 0 Å². The normalized spacial score (nSPS) is 14.9. The highest BCUT2D eigenvalue weighted by Crippen LogP contribution is 2.19. The zero-order chi connectivity index (χ0) is 16.2. The van der Waals surface area contributed by atoms with E-state index in [-0.39, 0.29) is 5.97 Å². The van der Waals surface area contributed by atoms with Gasteiger partial charge in [-0.05, 0) is 29.4 Å². The summed E-state index contributed by atoms with van der Waals surface area (Å²) in [6.45, 7) is 5.40. The molecule has 1 aliphatic heterocycles. The number of carbonyl (C=O) groups excluding carboxylic acids is 1. The molecular formula is C16H20N4O3. The number of nitrogens with zero attached hydrogens (tertiary/aromatic N) is 4. The molecule has 0 N–H and O–H groups in total. The number of benzene rings is 1. The van der Waals surface area contributed by atoms with Crippen molar-refractivity contribution in [3.05, 3.63) is 35.7 Å². The SMILES string of the molecule is CCc1nc(N2CCN(c3ccc(C(=O)OC)cc3)CC2)no1. The van der Waals surface area contributed by atoms with Crippen molar-refractivity contribution in [3.63, 3.8) is 0 Å². The number of rotatable bonds is 4. The van der Waals surface area contributed by atoms with E-state index in [9.17, 15) is 4.79 Å². The number of piperazine rings is 1. The van der Waals surface area contributed by atoms with Crippen molar-refractivity contribution in [2.75, 3.05) is 43.1 Å². The first kappa shape index (κ1) is 15.3. The van der Waals surface area contributed by atoms with Crippen LogP contribution in [0.2, 0.25) is 0 Å². The summed E-state index contributed by atoms with van der Waals surface area (Å²) >= 11 is 0. The van der Waals surface area contributed by atoms with Crippen LogP contribution in [0.4, 0.5) is 11.6 Å². The van der Waals surface area contributed by atoms with E-state index in [2.05, 4.69) is 19.9 Å². The Balaban J connectivity index is 1.61. The summed E-state index contributed by atoms with van der Waals surface area (Å²) in [5, 5.41) is 4.02. The molecule has 1 fully saturated rings. The smallest absolute Gasteiger partial charge is 0.337 e. The lowest BCUT2D eigenvalue weighted by Gasteiger charge is -2.35. The summed E-state index contributed by atoms with van der Waals surface area (Å²) in [4.78, 5) is 20.2. The molecule has 0 atom stereocenters. The molecule has 0 amide bonds. The number of hydrogen-bond donors (Lipinski definition) is 0. The summed E-state index contributed by atoms with van der Waals surface area (Å²) in [6.07, 6.45) is 0.750. The highest BCUT2D eigenvalue weighted by molar-refractivity contribution is 5.89. The van der Waals surface area contributed by atoms with E-state index in [1.165, 1.54) is 7.11 Å². The third-order valence-electron chi connectivity index (χ3n) is 3.98. The van der Waals surface area contributed by atoms with Crippen molar-refractivity contribution < 1.29 is 14.1 Å². The van der Waals surface area contributed by atoms with Gasteiger partial charge in [-0.25, -0.2) is 4.79 Å². The van der Waals surface area contributed by atoms with E-state index >= 15 is 0 Å². The molecule has 0 spiro atoms. The van der Waals surface area contributed by atoms with Gasteiger partial charge in [-0.2, -0.15) is 4.98 Å². The molecule has 7 nitrogen and oxygen atoms in total. The average molecular weight is 316 g/mol. The Kier molecular flexibility index (Phi) is 4.45. The second-order valence-corrected chi connectivity index (χ2v) is 5.35. The molecule has 7 heteroatoms. The molecule has 0 unspecified atom stereocenters. The fourth-order valence-electron chi connectivity index (χ4n) is 2.61. The first-order valence-electron chi connectivity index (χ1n) is 7.72. The van der Waals surface area contributed by atoms with Gasteiger partial charge >= 0.3 is 5.97 Å². The van der Waals surface area contributed by atoms with Crippen molar-refractivity contribution in [2.24, 2.45) is 0 Å². The van der Waals surface area contributed by atoms with Crippen molar-refractivity contribution in [1.29, 1.82) is 0 Å². The standard InChI is InChI=1S/C16H20N4O3/c1-3-14-17-16(18-23-14)20-10-8-19(9-11-20)13-6-4-12(5-7-13)15(21)22-2/h4-7H,3,8-11H2,1-2H3. The van der Waals surface area contributed by atoms with Gasteiger partial charge < -0.3 is 19.1 Å². The Bertz CT molecular complexity index is 660. The Morgan fingerprint density at radius 2 is 1.83 bits per heavy atom. The predicted octanol–water partition coefficient (Wildman–Crippen LogP) is 1.75. The largest absolute Gasteiger partial charge is 0.465 e. The van der Waals surface area contributed by atoms with Crippen molar-refractivity contribution in [1.82, 2.24) is 10.1 Å². The predicted molar refractivity (Wildman–Crippen MR) is 85.9 cm³/mol. The summed E-state index contributed by atoms with van der Waals surface area (Å²) in [5.74, 6) is 1.02. The van der Waals surface area contributed by atoms with Gasteiger partial charge in [-0.3, -0.25) is 0 Å². The van der Waals surface area contributed by atoms with Gasteiger partial charge in [0.2, 0.25) is 5.89 Å². The van der Waals surface area contributed by atoms with Crippen molar-refractivity contribution in [3.8, 4) is 0 Å². The number of aromatic nitrogens is 2. The number of carbonyl (C=O) groups is 1. The zero-order valence-corrected chi connectivity index (χ0v) is 13.4. The van der Waals surface area contributed by atoms with E-state index in [1.54, 1.807) is 12.1 Å². The van der Waals surface area contributed by atoms with Crippen LogP contribution >= 0.6 is 0 Å². The van der Waals surface area contributed by atoms with Crippen LogP contribution in [0.15, 0.2) is 28.8 Å². The molecule has 0 aliphatic carbocycles. The van der Waals surface area contributed by atoms with Crippen LogP contribution < -0.4 is 9.80 Å². The van der Waals surface area contributed by atoms with E-state index in [1.807, 2.05) is 19.1 Å². The minimum Gasteiger partial charge on any atom is -0.465 e. The Labute approximate surface area is 134 Å². The van der Waals surface area contributed by atoms with Gasteiger partial charge in [0.05, 0.1) is 12.7 Å². The van der Waals surface area contributed by atoms with E-state index in [0.29, 0.717) is 17.4 Å². The molecule has 1 aliphatic rings. The topological polar surface area (TPSA) is 71.7 Å². The number of aryl methyl sites for hydroxylation is 1. The molecule has 23 heavy (non-hydrogen) atoms. The second-order valence-electron chi connectivity index (χ2n) is 5.35. The van der Waals surface area contributed by atoms with Gasteiger partial charge in [0, 0.05) is 38.3 Å². The fraction of sp³-hybridized carbons (Fsp3) is 0.438. The van der Waals surface area contributed by atoms with Gasteiger partial charge in [-0.15, -0.1) is 0 Å². The lowest BCUT2D eigenvalue weighted by Crippen LogP contribution is -2.47. The van der Waals surface area contributed by atoms with E-state index < -0.39 is 0 Å². The van der Waals surface area contributed by atoms with Crippen LogP contribution in [0.3, 0.4) is 0 Å². The van der Waals surface area contributed by atoms with Crippen LogP contribution in [0.1, 0.15) is 23.2 Å². The van der Waals surface area contributed by atoms with Gasteiger partial charge in [0.25, 0.3) is 5.95 Å². The monoisotopic (exact) mass is 316 g/mol. The lowest BCUT2D eigenvalue weighted by molar-refractivity contribution is 0.0601. The molecule has 1 aromatic carbocycles. The zero-order valence-electron chi connectivity index (χ0n) is 13.4. The van der Waals surface area contributed by atoms with Crippen LogP contribution in [0.25, 0.3) is 0 Å². The molecule has 2 heterocycles. The lowest BCUT2D eigenvalue weighted by atomic mass is 10.2. The molecule has 122 valence electrons. The number of esters is 1. The maximum atomic E-state index is 11.5. The second kappa shape index (κ2) is 6.68. The number of methoxy groups -OCH3 is 1. The minimum absolute atomic E-state index is 0.315. The van der Waals surface area contributed by atoms with E-state index in [4.69, 9.17) is 9.26 Å². The van der Waals surface area contributed by atoms with Crippen LogP contribution in [-0.2, 0) is 11.2 Å². The molecule has 0 bridgehead atoms. The summed E-state index contributed by atoms with van der Waals surface area (Å²) in [6, 6.07) is 7.48. The molecule has 0 radical (unpaired) electrons. The van der Waals surface area contributed by atoms with Gasteiger partial charge in [-0.1, -0.05) is 6.92 Å². The third kappa shape index (κ3) is 3.28. The maximum absolute atomic E-state index is 11.5. The summed E-state index contributed by atoms with van der Waals surface area (Å²) < 4.78 is 9.88. The number of hydrogen-bond acceptors (Lipinski definition) is 7. The van der Waals surface area contributed by atoms with Crippen molar-refractivity contribution >= 4 is 17.6 Å². The average Bonchev–Trinajstić information content (AvgIpc) is 3.10. The summed E-state index contributed by atoms with van der Waals surface area (Å²) in [5.41, 5.74) is 1.66. The van der Waals surface area contributed by atoms with Crippen molar-refractivity contribution in [2.45, 2.75) is 13.3 Å². The third-order valence-corrected chi connectivity index (χ3v) is 3.98. The maximum Gasteiger partial charge on any atom is 0.337 e. The first-order chi connectivity index (χ1) is 11.2. The first-order valence-corrected chi connectivity index (χ1v) is 7.72. The van der Waals surface area contributed by atoms with Crippen LogP contribution in [0.5, 0.6) is 0 Å². The van der Waals surface area contributed by atoms with Crippen LogP contribution in [0, 0.1) is 0 Å². The molecule has 1 aromatic heterocycles. The highest BCUT2D eigenvalue weighted by atomic mass is 16.5. The Morgan fingerprint density at radius 1 is 1.17 bits per heavy atom. The Morgan fingerprint density at radius 3 is 2.39 bits per heavy atom. The quantitative estimate of drug-likeness (QED) is 0.796. The molecule has 2 aromatic rings. The highest BCUT2D eigenvalue weighted by Gasteiger charge is 2.21. The number of anilines is 2. The molecule has 0 saturated carbocycles. The molecule has 1 saturated heterocycles. The Hall–Kier alpha value is -2.57. The fourth-order valence-corrected chi connectivity index (χ4v) is 2.61. The molecular weight excluding hydrogens is 296 g/mol. The number of ether oxygens (including phenoxy) is 1.